The van der Waals surface area contributed by atoms with Gasteiger partial charge in [0.2, 0.25) is 0 Å². The fourth-order valence-corrected chi connectivity index (χ4v) is 3.56. The first-order chi connectivity index (χ1) is 13.1. The van der Waals surface area contributed by atoms with Crippen molar-refractivity contribution in [2.75, 3.05) is 12.8 Å². The van der Waals surface area contributed by atoms with Crippen LogP contribution in [0.5, 0.6) is 0 Å². The molecule has 0 spiro atoms. The van der Waals surface area contributed by atoms with Gasteiger partial charge in [-0.05, 0) is 18.4 Å². The van der Waals surface area contributed by atoms with Crippen molar-refractivity contribution in [1.82, 2.24) is 14.9 Å². The highest BCUT2D eigenvalue weighted by molar-refractivity contribution is 7.98. The van der Waals surface area contributed by atoms with Crippen LogP contribution in [0.3, 0.4) is 0 Å². The van der Waals surface area contributed by atoms with Gasteiger partial charge in [-0.25, -0.2) is 9.97 Å². The first kappa shape index (κ1) is 17.7. The molecule has 8 heteroatoms. The molecule has 3 aromatic rings. The molecule has 0 bridgehead atoms. The summed E-state index contributed by atoms with van der Waals surface area (Å²) in [6.45, 7) is 2.38. The molecule has 0 saturated carbocycles. The van der Waals surface area contributed by atoms with Gasteiger partial charge in [-0.15, -0.1) is 0 Å². The van der Waals surface area contributed by atoms with Crippen molar-refractivity contribution in [2.45, 2.75) is 24.7 Å². The Morgan fingerprint density at radius 2 is 2.22 bits per heavy atom. The molecule has 0 atom stereocenters. The van der Waals surface area contributed by atoms with E-state index in [-0.39, 0.29) is 5.69 Å². The number of fused-ring (bicyclic) bond motifs is 1. The molecule has 1 aliphatic rings. The van der Waals surface area contributed by atoms with E-state index in [2.05, 4.69) is 14.9 Å². The number of nitrogens with zero attached hydrogens (tertiary/aromatic N) is 4. The molecule has 0 unspecified atom stereocenters. The Kier molecular flexibility index (Phi) is 4.91. The topological polar surface area (TPSA) is 85.3 Å². The van der Waals surface area contributed by atoms with Crippen molar-refractivity contribution in [3.05, 3.63) is 69.7 Å². The maximum atomic E-state index is 11.0. The van der Waals surface area contributed by atoms with Gasteiger partial charge in [-0.1, -0.05) is 23.9 Å². The number of aromatic nitrogens is 2. The van der Waals surface area contributed by atoms with Crippen molar-refractivity contribution in [1.29, 1.82) is 0 Å². The first-order valence-electron chi connectivity index (χ1n) is 8.57. The average Bonchev–Trinajstić information content (AvgIpc) is 3.16. The van der Waals surface area contributed by atoms with Crippen LogP contribution in [0.2, 0.25) is 0 Å². The molecule has 0 amide bonds. The van der Waals surface area contributed by atoms with Crippen LogP contribution in [0.1, 0.15) is 17.0 Å². The summed E-state index contributed by atoms with van der Waals surface area (Å²) in [6.07, 6.45) is 4.79. The first-order valence-corrected chi connectivity index (χ1v) is 9.79. The van der Waals surface area contributed by atoms with E-state index in [0.29, 0.717) is 17.9 Å². The molecule has 0 fully saturated rings. The number of furan rings is 1. The smallest absolute Gasteiger partial charge is 0.270 e. The molecule has 0 aliphatic carbocycles. The van der Waals surface area contributed by atoms with Gasteiger partial charge >= 0.3 is 0 Å². The van der Waals surface area contributed by atoms with Crippen molar-refractivity contribution >= 4 is 17.4 Å². The van der Waals surface area contributed by atoms with Crippen LogP contribution in [0.25, 0.3) is 11.3 Å². The Morgan fingerprint density at radius 3 is 3.04 bits per heavy atom. The second kappa shape index (κ2) is 7.50. The van der Waals surface area contributed by atoms with E-state index < -0.39 is 4.92 Å². The largest absolute Gasteiger partial charge is 0.460 e. The highest BCUT2D eigenvalue weighted by Gasteiger charge is 2.20. The minimum atomic E-state index is -0.400. The van der Waals surface area contributed by atoms with Crippen LogP contribution in [0, 0.1) is 10.1 Å². The molecule has 1 aliphatic heterocycles. The van der Waals surface area contributed by atoms with Crippen molar-refractivity contribution in [3.63, 3.8) is 0 Å². The lowest BCUT2D eigenvalue weighted by atomic mass is 10.1. The summed E-state index contributed by atoms with van der Waals surface area (Å²) in [4.78, 5) is 21.8. The van der Waals surface area contributed by atoms with E-state index in [1.807, 2.05) is 30.7 Å². The molecule has 3 heterocycles. The zero-order valence-corrected chi connectivity index (χ0v) is 15.6. The third-order valence-corrected chi connectivity index (χ3v) is 5.12. The van der Waals surface area contributed by atoms with Gasteiger partial charge in [0, 0.05) is 49.0 Å². The zero-order chi connectivity index (χ0) is 18.8. The van der Waals surface area contributed by atoms with Gasteiger partial charge in [-0.3, -0.25) is 15.0 Å². The molecule has 2 aromatic heterocycles. The Hall–Kier alpha value is -2.71. The van der Waals surface area contributed by atoms with Crippen LogP contribution >= 0.6 is 11.8 Å². The number of thioether (sulfide) groups is 1. The van der Waals surface area contributed by atoms with Crippen LogP contribution in [-0.2, 0) is 19.5 Å². The fraction of sp³-hybridized carbons (Fsp3) is 0.263. The lowest BCUT2D eigenvalue weighted by Crippen LogP contribution is -2.30. The van der Waals surface area contributed by atoms with Crippen LogP contribution < -0.4 is 0 Å². The quantitative estimate of drug-likeness (QED) is 0.286. The van der Waals surface area contributed by atoms with Gasteiger partial charge in [0.1, 0.15) is 11.5 Å². The Bertz CT molecular complexity index is 989. The fourth-order valence-electron chi connectivity index (χ4n) is 3.20. The number of nitro groups is 1. The molecule has 0 N–H and O–H groups in total. The Labute approximate surface area is 160 Å². The van der Waals surface area contributed by atoms with E-state index in [1.54, 1.807) is 17.8 Å². The van der Waals surface area contributed by atoms with Crippen LogP contribution in [0.4, 0.5) is 5.69 Å². The second-order valence-corrected chi connectivity index (χ2v) is 7.14. The maximum Gasteiger partial charge on any atom is 0.270 e. The van der Waals surface area contributed by atoms with E-state index >= 15 is 0 Å². The summed E-state index contributed by atoms with van der Waals surface area (Å²) in [5.41, 5.74) is 3.05. The van der Waals surface area contributed by atoms with Crippen molar-refractivity contribution < 1.29 is 9.34 Å². The minimum absolute atomic E-state index is 0.0581. The molecule has 27 heavy (non-hydrogen) atoms. The highest BCUT2D eigenvalue weighted by atomic mass is 32.2. The van der Waals surface area contributed by atoms with Gasteiger partial charge in [0.15, 0.2) is 5.16 Å². The zero-order valence-electron chi connectivity index (χ0n) is 14.8. The van der Waals surface area contributed by atoms with Crippen molar-refractivity contribution in [3.8, 4) is 11.3 Å². The maximum absolute atomic E-state index is 11.0. The number of non-ortho nitro benzene ring substituents is 1. The van der Waals surface area contributed by atoms with Gasteiger partial charge in [0.05, 0.1) is 17.2 Å². The minimum Gasteiger partial charge on any atom is -0.460 e. The number of hydrogen-bond acceptors (Lipinski definition) is 7. The van der Waals surface area contributed by atoms with Crippen LogP contribution in [0.15, 0.2) is 52.2 Å². The molecule has 0 radical (unpaired) electrons. The summed E-state index contributed by atoms with van der Waals surface area (Å²) >= 11 is 1.56. The van der Waals surface area contributed by atoms with Crippen molar-refractivity contribution in [2.24, 2.45) is 0 Å². The van der Waals surface area contributed by atoms with E-state index in [9.17, 15) is 10.1 Å². The third kappa shape index (κ3) is 3.86. The standard InChI is InChI=1S/C19H18N4O3S/c1-27-19-20-10-14-11-22(8-7-17(14)21-19)12-16-5-6-18(26-16)13-3-2-4-15(9-13)23(24)25/h2-6,9-10H,7-8,11-12H2,1H3. The molecule has 7 nitrogen and oxygen atoms in total. The lowest BCUT2D eigenvalue weighted by Gasteiger charge is -2.27. The predicted octanol–water partition coefficient (Wildman–Crippen LogP) is 3.93. The summed E-state index contributed by atoms with van der Waals surface area (Å²) in [7, 11) is 0. The summed E-state index contributed by atoms with van der Waals surface area (Å²) in [5.74, 6) is 1.47. The SMILES string of the molecule is CSc1ncc2c(n1)CCN(Cc1ccc(-c3cccc([N+](=O)[O-])c3)o1)C2. The molecule has 138 valence electrons. The number of nitro benzene ring substituents is 1. The van der Waals surface area contributed by atoms with Gasteiger partial charge < -0.3 is 4.42 Å². The molecular formula is C19H18N4O3S. The Morgan fingerprint density at radius 1 is 1.33 bits per heavy atom. The van der Waals surface area contributed by atoms with Gasteiger partial charge in [-0.2, -0.15) is 0 Å². The van der Waals surface area contributed by atoms with E-state index in [0.717, 1.165) is 41.7 Å². The monoisotopic (exact) mass is 382 g/mol. The summed E-state index contributed by atoms with van der Waals surface area (Å²) in [5, 5.41) is 11.8. The number of hydrogen-bond donors (Lipinski definition) is 0. The number of rotatable bonds is 5. The normalized spacial score (nSPS) is 14.1. The van der Waals surface area contributed by atoms with Crippen LogP contribution in [-0.4, -0.2) is 32.6 Å². The number of benzene rings is 1. The molecule has 1 aromatic carbocycles. The van der Waals surface area contributed by atoms with E-state index in [1.165, 1.54) is 12.1 Å². The second-order valence-electron chi connectivity index (χ2n) is 6.36. The molecule has 0 saturated heterocycles. The summed E-state index contributed by atoms with van der Waals surface area (Å²) < 4.78 is 5.93. The molecular weight excluding hydrogens is 364 g/mol. The van der Waals surface area contributed by atoms with Gasteiger partial charge in [0.25, 0.3) is 5.69 Å². The third-order valence-electron chi connectivity index (χ3n) is 4.56. The Balaban J connectivity index is 1.47. The predicted molar refractivity (Wildman–Crippen MR) is 102 cm³/mol. The summed E-state index contributed by atoms with van der Waals surface area (Å²) in [6, 6.07) is 10.3. The van der Waals surface area contributed by atoms with E-state index in [4.69, 9.17) is 4.42 Å². The highest BCUT2D eigenvalue weighted by Crippen LogP contribution is 2.27. The lowest BCUT2D eigenvalue weighted by molar-refractivity contribution is -0.384. The average molecular weight is 382 g/mol. The molecule has 4 rings (SSSR count).